The molecule has 0 aliphatic heterocycles. The zero-order valence-electron chi connectivity index (χ0n) is 9.49. The molecule has 1 rings (SSSR count). The molecule has 0 heterocycles. The van der Waals surface area contributed by atoms with Crippen molar-refractivity contribution in [3.63, 3.8) is 0 Å². The molecule has 1 atom stereocenters. The third-order valence-electron chi connectivity index (χ3n) is 2.33. The zero-order chi connectivity index (χ0) is 13.1. The fraction of sp³-hybridized carbons (Fsp3) is 0.400. The Bertz CT molecular complexity index is 494. The highest BCUT2D eigenvalue weighted by atomic mass is 32.2. The summed E-state index contributed by atoms with van der Waals surface area (Å²) in [6.45, 7) is 3.28. The fourth-order valence-electron chi connectivity index (χ4n) is 1.04. The van der Waals surface area contributed by atoms with Crippen molar-refractivity contribution in [3.05, 3.63) is 34.4 Å². The van der Waals surface area contributed by atoms with E-state index < -0.39 is 20.3 Å². The van der Waals surface area contributed by atoms with Gasteiger partial charge in [0.1, 0.15) is 5.75 Å². The van der Waals surface area contributed by atoms with E-state index in [1.54, 1.807) is 13.8 Å². The lowest BCUT2D eigenvalue weighted by molar-refractivity contribution is -0.384. The molecule has 0 aliphatic carbocycles. The molecule has 1 unspecified atom stereocenters. The van der Waals surface area contributed by atoms with E-state index in [1.807, 2.05) is 0 Å². The van der Waals surface area contributed by atoms with E-state index in [0.717, 1.165) is 0 Å². The van der Waals surface area contributed by atoms with Gasteiger partial charge in [-0.3, -0.25) is 10.1 Å². The molecule has 1 aromatic carbocycles. The first-order valence-corrected chi connectivity index (χ1v) is 6.51. The maximum absolute atomic E-state index is 11.6. The van der Waals surface area contributed by atoms with Crippen LogP contribution in [0.3, 0.4) is 0 Å². The summed E-state index contributed by atoms with van der Waals surface area (Å²) in [4.78, 5) is 9.84. The first-order chi connectivity index (χ1) is 7.86. The molecular weight excluding hydrogens is 246 g/mol. The second-order valence-electron chi connectivity index (χ2n) is 3.55. The van der Waals surface area contributed by atoms with Gasteiger partial charge in [0.15, 0.2) is 0 Å². The van der Waals surface area contributed by atoms with Gasteiger partial charge in [-0.15, -0.1) is 0 Å². The van der Waals surface area contributed by atoms with Crippen molar-refractivity contribution < 1.29 is 17.5 Å². The predicted octanol–water partition coefficient (Wildman–Crippen LogP) is 2.10. The third-order valence-corrected chi connectivity index (χ3v) is 4.07. The van der Waals surface area contributed by atoms with Crippen molar-refractivity contribution in [2.45, 2.75) is 25.5 Å². The molecular formula is C10H13NO5S. The van der Waals surface area contributed by atoms with Gasteiger partial charge in [0.25, 0.3) is 5.69 Å². The first kappa shape index (κ1) is 13.4. The highest BCUT2D eigenvalue weighted by molar-refractivity contribution is 7.87. The van der Waals surface area contributed by atoms with Gasteiger partial charge in [-0.2, -0.15) is 8.42 Å². The van der Waals surface area contributed by atoms with Crippen LogP contribution in [0.5, 0.6) is 5.75 Å². The van der Waals surface area contributed by atoms with Crippen molar-refractivity contribution in [1.29, 1.82) is 0 Å². The average molecular weight is 259 g/mol. The van der Waals surface area contributed by atoms with Gasteiger partial charge < -0.3 is 4.18 Å². The Morgan fingerprint density at radius 3 is 2.29 bits per heavy atom. The number of benzene rings is 1. The molecule has 0 bridgehead atoms. The van der Waals surface area contributed by atoms with E-state index in [0.29, 0.717) is 6.42 Å². The summed E-state index contributed by atoms with van der Waals surface area (Å²) in [7, 11) is -3.67. The number of nitro benzene ring substituents is 1. The summed E-state index contributed by atoms with van der Waals surface area (Å²) in [5.41, 5.74) is -0.113. The van der Waals surface area contributed by atoms with Crippen molar-refractivity contribution >= 4 is 15.8 Å². The highest BCUT2D eigenvalue weighted by Gasteiger charge is 2.21. The van der Waals surface area contributed by atoms with E-state index in [1.165, 1.54) is 24.3 Å². The van der Waals surface area contributed by atoms with E-state index in [4.69, 9.17) is 4.18 Å². The second kappa shape index (κ2) is 5.13. The molecule has 0 spiro atoms. The van der Waals surface area contributed by atoms with E-state index in [-0.39, 0.29) is 11.4 Å². The predicted molar refractivity (Wildman–Crippen MR) is 62.4 cm³/mol. The van der Waals surface area contributed by atoms with Crippen LogP contribution in [-0.2, 0) is 10.1 Å². The summed E-state index contributed by atoms with van der Waals surface area (Å²) < 4.78 is 28.0. The van der Waals surface area contributed by atoms with E-state index in [2.05, 4.69) is 0 Å². The highest BCUT2D eigenvalue weighted by Crippen LogP contribution is 2.20. The van der Waals surface area contributed by atoms with Crippen LogP contribution in [0.25, 0.3) is 0 Å². The summed E-state index contributed by atoms with van der Waals surface area (Å²) in [5, 5.41) is 9.79. The minimum Gasteiger partial charge on any atom is -0.382 e. The Kier molecular flexibility index (Phi) is 4.06. The van der Waals surface area contributed by atoms with E-state index in [9.17, 15) is 18.5 Å². The molecule has 0 saturated carbocycles. The van der Waals surface area contributed by atoms with Crippen LogP contribution in [0, 0.1) is 10.1 Å². The molecule has 0 aromatic heterocycles. The van der Waals surface area contributed by atoms with Crippen molar-refractivity contribution in [2.75, 3.05) is 0 Å². The van der Waals surface area contributed by atoms with Gasteiger partial charge in [0, 0.05) is 12.1 Å². The largest absolute Gasteiger partial charge is 0.382 e. The molecule has 0 amide bonds. The minimum absolute atomic E-state index is 0.0795. The van der Waals surface area contributed by atoms with Crippen LogP contribution in [0.2, 0.25) is 0 Å². The topological polar surface area (TPSA) is 86.5 Å². The van der Waals surface area contributed by atoms with Gasteiger partial charge in [-0.05, 0) is 25.5 Å². The van der Waals surface area contributed by atoms with Crippen LogP contribution in [0.4, 0.5) is 5.69 Å². The Morgan fingerprint density at radius 2 is 1.88 bits per heavy atom. The number of nitrogens with zero attached hydrogens (tertiary/aromatic N) is 1. The minimum atomic E-state index is -3.67. The van der Waals surface area contributed by atoms with Crippen LogP contribution >= 0.6 is 0 Å². The van der Waals surface area contributed by atoms with Crippen molar-refractivity contribution in [1.82, 2.24) is 0 Å². The molecule has 17 heavy (non-hydrogen) atoms. The Labute approximate surface area is 99.5 Å². The van der Waals surface area contributed by atoms with Crippen LogP contribution < -0.4 is 4.18 Å². The number of hydrogen-bond acceptors (Lipinski definition) is 5. The smallest absolute Gasteiger partial charge is 0.311 e. The Hall–Kier alpha value is -1.63. The summed E-state index contributed by atoms with van der Waals surface area (Å²) in [6, 6.07) is 4.92. The summed E-state index contributed by atoms with van der Waals surface area (Å²) in [5.74, 6) is 0.0795. The summed E-state index contributed by atoms with van der Waals surface area (Å²) >= 11 is 0. The number of hydrogen-bond donors (Lipinski definition) is 0. The van der Waals surface area contributed by atoms with Gasteiger partial charge in [-0.25, -0.2) is 0 Å². The zero-order valence-corrected chi connectivity index (χ0v) is 10.3. The van der Waals surface area contributed by atoms with Crippen LogP contribution in [-0.4, -0.2) is 18.6 Å². The number of rotatable bonds is 5. The van der Waals surface area contributed by atoms with Crippen molar-refractivity contribution in [2.24, 2.45) is 0 Å². The average Bonchev–Trinajstić information content (AvgIpc) is 2.28. The molecule has 6 nitrogen and oxygen atoms in total. The summed E-state index contributed by atoms with van der Waals surface area (Å²) in [6.07, 6.45) is 0.440. The van der Waals surface area contributed by atoms with Crippen LogP contribution in [0.1, 0.15) is 20.3 Å². The monoisotopic (exact) mass is 259 g/mol. The van der Waals surface area contributed by atoms with Crippen LogP contribution in [0.15, 0.2) is 24.3 Å². The lowest BCUT2D eigenvalue weighted by Crippen LogP contribution is -2.22. The quantitative estimate of drug-likeness (QED) is 0.459. The normalized spacial score (nSPS) is 13.1. The molecule has 0 fully saturated rings. The maximum atomic E-state index is 11.6. The van der Waals surface area contributed by atoms with Gasteiger partial charge in [0.2, 0.25) is 0 Å². The van der Waals surface area contributed by atoms with Crippen molar-refractivity contribution in [3.8, 4) is 5.75 Å². The number of nitro groups is 1. The first-order valence-electron chi connectivity index (χ1n) is 5.04. The molecule has 0 aliphatic rings. The molecule has 94 valence electrons. The second-order valence-corrected chi connectivity index (χ2v) is 5.50. The van der Waals surface area contributed by atoms with Gasteiger partial charge in [0.05, 0.1) is 10.2 Å². The molecule has 1 aromatic rings. The lowest BCUT2D eigenvalue weighted by atomic mass is 10.3. The van der Waals surface area contributed by atoms with E-state index >= 15 is 0 Å². The Morgan fingerprint density at radius 1 is 1.35 bits per heavy atom. The third kappa shape index (κ3) is 3.42. The van der Waals surface area contributed by atoms with Gasteiger partial charge >= 0.3 is 10.1 Å². The molecule has 0 radical (unpaired) electrons. The Balaban J connectivity index is 2.86. The molecule has 7 heteroatoms. The van der Waals surface area contributed by atoms with Gasteiger partial charge in [-0.1, -0.05) is 6.92 Å². The maximum Gasteiger partial charge on any atom is 0.311 e. The molecule has 0 N–H and O–H groups in total. The number of non-ortho nitro benzene ring substituents is 1. The SMILES string of the molecule is CCC(C)S(=O)(=O)Oc1ccc([N+](=O)[O-])cc1. The molecule has 0 saturated heterocycles. The lowest BCUT2D eigenvalue weighted by Gasteiger charge is -2.11. The standard InChI is InChI=1S/C10H13NO5S/c1-3-8(2)17(14,15)16-10-6-4-9(5-7-10)11(12)13/h4-8H,3H2,1-2H3. The fourth-order valence-corrected chi connectivity index (χ4v) is 2.00.